The Hall–Kier alpha value is -3.20. The lowest BCUT2D eigenvalue weighted by atomic mass is 9.97. The number of carbonyl (C=O) groups excluding carboxylic acids is 1. The van der Waals surface area contributed by atoms with E-state index in [1.165, 1.54) is 11.8 Å². The second kappa shape index (κ2) is 8.38. The fourth-order valence-corrected chi connectivity index (χ4v) is 3.93. The minimum Gasteiger partial charge on any atom is -0.451 e. The van der Waals surface area contributed by atoms with Crippen LogP contribution in [0.15, 0.2) is 56.8 Å². The van der Waals surface area contributed by atoms with E-state index < -0.39 is 5.54 Å². The summed E-state index contributed by atoms with van der Waals surface area (Å²) >= 11 is 1.44. The molecule has 0 atom stereocenters. The molecule has 0 aliphatic heterocycles. The highest BCUT2D eigenvalue weighted by molar-refractivity contribution is 7.98. The molecule has 9 heteroatoms. The van der Waals surface area contributed by atoms with Gasteiger partial charge < -0.3 is 14.3 Å². The molecule has 3 heterocycles. The monoisotopic (exact) mass is 451 g/mol. The zero-order valence-electron chi connectivity index (χ0n) is 18.7. The molecule has 0 saturated carbocycles. The second-order valence-corrected chi connectivity index (χ2v) is 9.92. The van der Waals surface area contributed by atoms with Crippen molar-refractivity contribution in [1.82, 2.24) is 25.4 Å². The Labute approximate surface area is 190 Å². The van der Waals surface area contributed by atoms with E-state index in [0.717, 1.165) is 10.9 Å². The van der Waals surface area contributed by atoms with Crippen LogP contribution in [-0.4, -0.2) is 26.0 Å². The van der Waals surface area contributed by atoms with Gasteiger partial charge in [0.2, 0.25) is 5.89 Å². The smallest absolute Gasteiger partial charge is 0.288 e. The average Bonchev–Trinajstić information content (AvgIpc) is 3.39. The first-order chi connectivity index (χ1) is 15.1. The Morgan fingerprint density at radius 3 is 2.47 bits per heavy atom. The molecule has 0 radical (unpaired) electrons. The molecule has 1 amide bonds. The molecule has 8 nitrogen and oxygen atoms in total. The Bertz CT molecular complexity index is 1240. The lowest BCUT2D eigenvalue weighted by Gasteiger charge is -2.22. The summed E-state index contributed by atoms with van der Waals surface area (Å²) in [5.41, 5.74) is 0.286. The number of furan rings is 1. The molecule has 0 bridgehead atoms. The third-order valence-corrected chi connectivity index (χ3v) is 5.75. The number of benzene rings is 1. The maximum atomic E-state index is 13.3. The number of para-hydroxylation sites is 1. The summed E-state index contributed by atoms with van der Waals surface area (Å²) in [5, 5.41) is 8.60. The predicted octanol–water partition coefficient (Wildman–Crippen LogP) is 4.86. The van der Waals surface area contributed by atoms with E-state index in [1.54, 1.807) is 18.5 Å². The van der Waals surface area contributed by atoms with Crippen LogP contribution in [0.2, 0.25) is 0 Å². The number of fused-ring (bicyclic) bond motifs is 1. The van der Waals surface area contributed by atoms with Crippen molar-refractivity contribution in [2.75, 3.05) is 0 Å². The third-order valence-electron chi connectivity index (χ3n) is 4.84. The molecule has 1 aromatic carbocycles. The van der Waals surface area contributed by atoms with E-state index in [4.69, 9.17) is 8.94 Å². The largest absolute Gasteiger partial charge is 0.451 e. The fourth-order valence-electron chi connectivity index (χ4n) is 3.10. The average molecular weight is 452 g/mol. The fraction of sp³-hybridized carbons (Fsp3) is 0.348. The molecule has 0 unspecified atom stereocenters. The SMILES string of the molecule is CC(C)(C)c1nc(C(C)(C)NC(=O)c2oc3ccccc3c2CSc2ncccn2)no1. The number of nitrogens with zero attached hydrogens (tertiary/aromatic N) is 4. The Morgan fingerprint density at radius 1 is 1.06 bits per heavy atom. The van der Waals surface area contributed by atoms with Crippen molar-refractivity contribution < 1.29 is 13.7 Å². The second-order valence-electron chi connectivity index (χ2n) is 8.98. The van der Waals surface area contributed by atoms with Gasteiger partial charge in [-0.1, -0.05) is 55.9 Å². The van der Waals surface area contributed by atoms with Gasteiger partial charge in [-0.3, -0.25) is 4.79 Å². The molecule has 166 valence electrons. The number of nitrogens with one attached hydrogen (secondary N) is 1. The van der Waals surface area contributed by atoms with E-state index in [2.05, 4.69) is 25.4 Å². The molecule has 1 N–H and O–H groups in total. The number of amides is 1. The lowest BCUT2D eigenvalue weighted by Crippen LogP contribution is -2.42. The van der Waals surface area contributed by atoms with Crippen LogP contribution in [-0.2, 0) is 16.7 Å². The lowest BCUT2D eigenvalue weighted by molar-refractivity contribution is 0.0880. The molecule has 0 spiro atoms. The van der Waals surface area contributed by atoms with Crippen molar-refractivity contribution in [2.24, 2.45) is 0 Å². The van der Waals surface area contributed by atoms with Gasteiger partial charge in [-0.2, -0.15) is 4.98 Å². The summed E-state index contributed by atoms with van der Waals surface area (Å²) in [4.78, 5) is 26.3. The first-order valence-corrected chi connectivity index (χ1v) is 11.2. The van der Waals surface area contributed by atoms with Gasteiger partial charge >= 0.3 is 0 Å². The predicted molar refractivity (Wildman–Crippen MR) is 121 cm³/mol. The van der Waals surface area contributed by atoms with E-state index in [0.29, 0.717) is 28.2 Å². The third kappa shape index (κ3) is 4.52. The minimum atomic E-state index is -0.865. The molecule has 32 heavy (non-hydrogen) atoms. The number of hydrogen-bond acceptors (Lipinski definition) is 8. The van der Waals surface area contributed by atoms with Gasteiger partial charge in [-0.05, 0) is 26.0 Å². The topological polar surface area (TPSA) is 107 Å². The number of aromatic nitrogens is 4. The van der Waals surface area contributed by atoms with Crippen LogP contribution in [0.1, 0.15) is 62.5 Å². The minimum absolute atomic E-state index is 0.252. The standard InChI is InChI=1S/C23H25N5O3S/c1-22(2,3)20-26-19(28-31-20)23(4,5)27-18(29)17-15(13-32-21-24-11-8-12-25-21)14-9-6-7-10-16(14)30-17/h6-12H,13H2,1-5H3,(H,27,29). The zero-order chi connectivity index (χ0) is 22.9. The Kier molecular flexibility index (Phi) is 5.77. The van der Waals surface area contributed by atoms with Crippen LogP contribution < -0.4 is 5.32 Å². The highest BCUT2D eigenvalue weighted by atomic mass is 32.2. The number of carbonyl (C=O) groups is 1. The highest BCUT2D eigenvalue weighted by Gasteiger charge is 2.33. The van der Waals surface area contributed by atoms with E-state index in [1.807, 2.05) is 58.9 Å². The van der Waals surface area contributed by atoms with E-state index in [-0.39, 0.29) is 17.1 Å². The van der Waals surface area contributed by atoms with Crippen molar-refractivity contribution in [3.63, 3.8) is 0 Å². The number of thioether (sulfide) groups is 1. The zero-order valence-corrected chi connectivity index (χ0v) is 19.5. The van der Waals surface area contributed by atoms with E-state index in [9.17, 15) is 4.79 Å². The summed E-state index contributed by atoms with van der Waals surface area (Å²) in [6, 6.07) is 9.35. The molecule has 3 aromatic heterocycles. The summed E-state index contributed by atoms with van der Waals surface area (Å²) < 4.78 is 11.4. The summed E-state index contributed by atoms with van der Waals surface area (Å²) in [6.45, 7) is 9.63. The van der Waals surface area contributed by atoms with Crippen molar-refractivity contribution in [2.45, 2.75) is 56.5 Å². The van der Waals surface area contributed by atoms with Crippen molar-refractivity contribution >= 4 is 28.6 Å². The van der Waals surface area contributed by atoms with Crippen LogP contribution >= 0.6 is 11.8 Å². The first kappa shape index (κ1) is 22.0. The number of rotatable bonds is 6. The van der Waals surface area contributed by atoms with Gasteiger partial charge in [0.25, 0.3) is 5.91 Å². The van der Waals surface area contributed by atoms with Crippen LogP contribution in [0.3, 0.4) is 0 Å². The van der Waals surface area contributed by atoms with Gasteiger partial charge in [0.15, 0.2) is 16.7 Å². The highest BCUT2D eigenvalue weighted by Crippen LogP contribution is 2.32. The van der Waals surface area contributed by atoms with Gasteiger partial charge in [0.1, 0.15) is 5.58 Å². The normalized spacial score (nSPS) is 12.3. The van der Waals surface area contributed by atoms with Crippen molar-refractivity contribution in [3.05, 3.63) is 65.8 Å². The van der Waals surface area contributed by atoms with Gasteiger partial charge in [0.05, 0.1) is 5.54 Å². The molecule has 0 saturated heterocycles. The molecule has 4 aromatic rings. The Morgan fingerprint density at radius 2 is 1.78 bits per heavy atom. The maximum absolute atomic E-state index is 13.3. The quantitative estimate of drug-likeness (QED) is 0.327. The van der Waals surface area contributed by atoms with Crippen molar-refractivity contribution in [3.8, 4) is 0 Å². The van der Waals surface area contributed by atoms with Crippen LogP contribution in [0.4, 0.5) is 0 Å². The van der Waals surface area contributed by atoms with Gasteiger partial charge in [-0.15, -0.1) is 0 Å². The van der Waals surface area contributed by atoms with Crippen LogP contribution in [0.25, 0.3) is 11.0 Å². The number of hydrogen-bond donors (Lipinski definition) is 1. The van der Waals surface area contributed by atoms with Gasteiger partial charge in [0, 0.05) is 34.5 Å². The van der Waals surface area contributed by atoms with E-state index >= 15 is 0 Å². The summed E-state index contributed by atoms with van der Waals surface area (Å²) in [7, 11) is 0. The molecule has 4 rings (SSSR count). The molecule has 0 aliphatic rings. The van der Waals surface area contributed by atoms with Crippen LogP contribution in [0.5, 0.6) is 0 Å². The molecular weight excluding hydrogens is 426 g/mol. The molecular formula is C23H25N5O3S. The Balaban J connectivity index is 1.62. The molecule has 0 fully saturated rings. The van der Waals surface area contributed by atoms with Gasteiger partial charge in [-0.25, -0.2) is 9.97 Å². The van der Waals surface area contributed by atoms with Crippen molar-refractivity contribution in [1.29, 1.82) is 0 Å². The summed E-state index contributed by atoms with van der Waals surface area (Å²) in [6.07, 6.45) is 3.38. The molecule has 0 aliphatic carbocycles. The first-order valence-electron chi connectivity index (χ1n) is 10.2. The maximum Gasteiger partial charge on any atom is 0.288 e. The summed E-state index contributed by atoms with van der Waals surface area (Å²) in [5.74, 6) is 1.31. The van der Waals surface area contributed by atoms with Crippen LogP contribution in [0, 0.1) is 0 Å².